The smallest absolute Gasteiger partial charge is 0.135 e. The highest BCUT2D eigenvalue weighted by Crippen LogP contribution is 2.23. The van der Waals surface area contributed by atoms with Crippen LogP contribution in [0.1, 0.15) is 12.8 Å². The van der Waals surface area contributed by atoms with Crippen molar-refractivity contribution >= 4 is 0 Å². The van der Waals surface area contributed by atoms with Crippen molar-refractivity contribution in [2.75, 3.05) is 6.61 Å². The van der Waals surface area contributed by atoms with Crippen LogP contribution in [0, 0.1) is 0 Å². The number of allylic oxidation sites excluding steroid dienone is 1. The molecule has 0 aromatic heterocycles. The molecule has 2 atom stereocenters. The quantitative estimate of drug-likeness (QED) is 0.557. The summed E-state index contributed by atoms with van der Waals surface area (Å²) in [6.45, 7) is -0.146. The Morgan fingerprint density at radius 3 is 2.70 bits per heavy atom. The lowest BCUT2D eigenvalue weighted by Gasteiger charge is -2.18. The lowest BCUT2D eigenvalue weighted by molar-refractivity contribution is 0.154. The second-order valence-corrected chi connectivity index (χ2v) is 2.49. The number of hydrogen-bond donors (Lipinski definition) is 1. The zero-order valence-electron chi connectivity index (χ0n) is 5.56. The van der Waals surface area contributed by atoms with Gasteiger partial charge in [0.25, 0.3) is 0 Å². The van der Waals surface area contributed by atoms with E-state index in [9.17, 15) is 8.78 Å². The molecule has 58 valence electrons. The fourth-order valence-electron chi connectivity index (χ4n) is 1.02. The lowest BCUT2D eigenvalue weighted by atomic mass is 9.97. The standard InChI is InChI=1S/C7H10F2O/c8-6-2-1-5(4-10)3-7(6)9/h1,6-7,10H,2-4H2. The van der Waals surface area contributed by atoms with Gasteiger partial charge in [-0.1, -0.05) is 6.08 Å². The van der Waals surface area contributed by atoms with Crippen LogP contribution in [0.15, 0.2) is 11.6 Å². The van der Waals surface area contributed by atoms with Gasteiger partial charge in [-0.05, 0) is 12.0 Å². The first-order chi connectivity index (χ1) is 4.74. The van der Waals surface area contributed by atoms with Gasteiger partial charge in [0.15, 0.2) is 0 Å². The molecule has 0 saturated heterocycles. The maximum atomic E-state index is 12.5. The topological polar surface area (TPSA) is 20.2 Å². The summed E-state index contributed by atoms with van der Waals surface area (Å²) in [7, 11) is 0. The first kappa shape index (κ1) is 7.66. The van der Waals surface area contributed by atoms with Crippen LogP contribution in [0.5, 0.6) is 0 Å². The monoisotopic (exact) mass is 148 g/mol. The average molecular weight is 148 g/mol. The molecule has 0 amide bonds. The van der Waals surface area contributed by atoms with Crippen molar-refractivity contribution in [3.05, 3.63) is 11.6 Å². The molecule has 1 N–H and O–H groups in total. The van der Waals surface area contributed by atoms with Crippen LogP contribution >= 0.6 is 0 Å². The summed E-state index contributed by atoms with van der Waals surface area (Å²) < 4.78 is 24.9. The van der Waals surface area contributed by atoms with Crippen LogP contribution in [0.3, 0.4) is 0 Å². The van der Waals surface area contributed by atoms with E-state index in [1.807, 2.05) is 0 Å². The molecule has 10 heavy (non-hydrogen) atoms. The van der Waals surface area contributed by atoms with E-state index in [0.29, 0.717) is 5.57 Å². The van der Waals surface area contributed by atoms with Crippen LogP contribution in [-0.4, -0.2) is 24.1 Å². The van der Waals surface area contributed by atoms with E-state index in [1.165, 1.54) is 0 Å². The van der Waals surface area contributed by atoms with Crippen molar-refractivity contribution < 1.29 is 13.9 Å². The second kappa shape index (κ2) is 3.10. The molecule has 0 bridgehead atoms. The summed E-state index contributed by atoms with van der Waals surface area (Å²) in [4.78, 5) is 0. The van der Waals surface area contributed by atoms with Gasteiger partial charge in [-0.2, -0.15) is 0 Å². The van der Waals surface area contributed by atoms with Crippen molar-refractivity contribution in [1.82, 2.24) is 0 Å². The summed E-state index contributed by atoms with van der Waals surface area (Å²) in [5.41, 5.74) is 0.612. The van der Waals surface area contributed by atoms with Crippen LogP contribution in [0.2, 0.25) is 0 Å². The van der Waals surface area contributed by atoms with E-state index in [4.69, 9.17) is 5.11 Å². The minimum Gasteiger partial charge on any atom is -0.392 e. The number of aliphatic hydroxyl groups excluding tert-OH is 1. The van der Waals surface area contributed by atoms with Gasteiger partial charge in [-0.3, -0.25) is 0 Å². The predicted molar refractivity (Wildman–Crippen MR) is 34.2 cm³/mol. The Labute approximate surface area is 58.4 Å². The minimum absolute atomic E-state index is 0.0532. The van der Waals surface area contributed by atoms with Crippen LogP contribution < -0.4 is 0 Å². The highest BCUT2D eigenvalue weighted by molar-refractivity contribution is 5.09. The third kappa shape index (κ3) is 1.53. The number of halogens is 2. The summed E-state index contributed by atoms with van der Waals surface area (Å²) in [5, 5.41) is 8.54. The van der Waals surface area contributed by atoms with Gasteiger partial charge in [0.05, 0.1) is 6.61 Å². The van der Waals surface area contributed by atoms with Crippen molar-refractivity contribution in [3.8, 4) is 0 Å². The molecule has 0 fully saturated rings. The van der Waals surface area contributed by atoms with Gasteiger partial charge in [-0.25, -0.2) is 8.78 Å². The minimum atomic E-state index is -1.41. The zero-order valence-corrected chi connectivity index (χ0v) is 5.56. The van der Waals surface area contributed by atoms with Gasteiger partial charge >= 0.3 is 0 Å². The zero-order chi connectivity index (χ0) is 7.56. The maximum absolute atomic E-state index is 12.5. The van der Waals surface area contributed by atoms with Gasteiger partial charge in [0.2, 0.25) is 0 Å². The fourth-order valence-corrected chi connectivity index (χ4v) is 1.02. The summed E-state index contributed by atoms with van der Waals surface area (Å²) in [6.07, 6.45) is -1.04. The molecule has 0 aromatic rings. The summed E-state index contributed by atoms with van der Waals surface area (Å²) in [6, 6.07) is 0. The van der Waals surface area contributed by atoms with Crippen molar-refractivity contribution in [1.29, 1.82) is 0 Å². The van der Waals surface area contributed by atoms with Gasteiger partial charge in [0, 0.05) is 6.42 Å². The van der Waals surface area contributed by atoms with Crippen molar-refractivity contribution in [2.45, 2.75) is 25.2 Å². The van der Waals surface area contributed by atoms with Crippen LogP contribution in [-0.2, 0) is 0 Å². The Morgan fingerprint density at radius 2 is 2.20 bits per heavy atom. The largest absolute Gasteiger partial charge is 0.392 e. The predicted octanol–water partition coefficient (Wildman–Crippen LogP) is 1.38. The van der Waals surface area contributed by atoms with Gasteiger partial charge < -0.3 is 5.11 Å². The highest BCUT2D eigenvalue weighted by atomic mass is 19.2. The molecule has 0 aliphatic heterocycles. The third-order valence-corrected chi connectivity index (χ3v) is 1.68. The molecule has 0 spiro atoms. The molecular weight excluding hydrogens is 138 g/mol. The number of alkyl halides is 2. The summed E-state index contributed by atoms with van der Waals surface area (Å²) >= 11 is 0. The van der Waals surface area contributed by atoms with E-state index in [2.05, 4.69) is 0 Å². The first-order valence-corrected chi connectivity index (χ1v) is 3.31. The molecule has 1 aliphatic carbocycles. The molecule has 0 saturated carbocycles. The fraction of sp³-hybridized carbons (Fsp3) is 0.714. The number of rotatable bonds is 1. The molecule has 3 heteroatoms. The highest BCUT2D eigenvalue weighted by Gasteiger charge is 2.24. The van der Waals surface area contributed by atoms with Crippen LogP contribution in [0.25, 0.3) is 0 Å². The van der Waals surface area contributed by atoms with Crippen molar-refractivity contribution in [3.63, 3.8) is 0 Å². The van der Waals surface area contributed by atoms with E-state index >= 15 is 0 Å². The first-order valence-electron chi connectivity index (χ1n) is 3.31. The Hall–Kier alpha value is -0.440. The van der Waals surface area contributed by atoms with E-state index in [0.717, 1.165) is 0 Å². The average Bonchev–Trinajstić information content (AvgIpc) is 1.95. The SMILES string of the molecule is OCC1=CCC(F)C(F)C1. The molecule has 2 unspecified atom stereocenters. The third-order valence-electron chi connectivity index (χ3n) is 1.68. The molecule has 1 rings (SSSR count). The number of aliphatic hydroxyl groups is 1. The molecule has 0 radical (unpaired) electrons. The van der Waals surface area contributed by atoms with E-state index in [1.54, 1.807) is 6.08 Å². The Balaban J connectivity index is 2.52. The molecule has 0 aromatic carbocycles. The van der Waals surface area contributed by atoms with Crippen molar-refractivity contribution in [2.24, 2.45) is 0 Å². The molecule has 0 heterocycles. The Bertz CT molecular complexity index is 145. The van der Waals surface area contributed by atoms with Gasteiger partial charge in [-0.15, -0.1) is 0 Å². The Kier molecular flexibility index (Phi) is 2.38. The molecule has 1 aliphatic rings. The Morgan fingerprint density at radius 1 is 1.50 bits per heavy atom. The molecular formula is C7H10F2O. The number of hydrogen-bond acceptors (Lipinski definition) is 1. The second-order valence-electron chi connectivity index (χ2n) is 2.49. The van der Waals surface area contributed by atoms with E-state index in [-0.39, 0.29) is 19.4 Å². The van der Waals surface area contributed by atoms with E-state index < -0.39 is 12.3 Å². The maximum Gasteiger partial charge on any atom is 0.135 e. The normalized spacial score (nSPS) is 33.7. The van der Waals surface area contributed by atoms with Gasteiger partial charge in [0.1, 0.15) is 12.3 Å². The lowest BCUT2D eigenvalue weighted by Crippen LogP contribution is -2.22. The van der Waals surface area contributed by atoms with Crippen LogP contribution in [0.4, 0.5) is 8.78 Å². The molecule has 1 nitrogen and oxygen atoms in total. The summed E-state index contributed by atoms with van der Waals surface area (Å²) in [5.74, 6) is 0.